The third-order valence-electron chi connectivity index (χ3n) is 3.76. The van der Waals surface area contributed by atoms with Crippen LogP contribution in [-0.2, 0) is 6.18 Å². The Morgan fingerprint density at radius 3 is 2.39 bits per heavy atom. The first-order valence-electron chi connectivity index (χ1n) is 6.68. The fourth-order valence-electron chi connectivity index (χ4n) is 2.70. The molecule has 23 heavy (non-hydrogen) atoms. The SMILES string of the molecule is N#Cc1ccc(N2CCCC2[C@@H](O)C(F)(F)F)cc1C(F)(F)F. The van der Waals surface area contributed by atoms with Crippen LogP contribution in [0.2, 0.25) is 0 Å². The smallest absolute Gasteiger partial charge is 0.382 e. The number of hydrogen-bond donors (Lipinski definition) is 1. The van der Waals surface area contributed by atoms with E-state index in [4.69, 9.17) is 5.26 Å². The van der Waals surface area contributed by atoms with Crippen molar-refractivity contribution >= 4 is 5.69 Å². The third-order valence-corrected chi connectivity index (χ3v) is 3.76. The van der Waals surface area contributed by atoms with Gasteiger partial charge in [0.15, 0.2) is 6.10 Å². The zero-order chi connectivity index (χ0) is 17.4. The Hall–Kier alpha value is -1.95. The minimum absolute atomic E-state index is 0.0159. The topological polar surface area (TPSA) is 47.3 Å². The Bertz CT molecular complexity index is 619. The van der Waals surface area contributed by atoms with Crippen LogP contribution >= 0.6 is 0 Å². The maximum absolute atomic E-state index is 12.9. The molecular formula is C14H12F6N2O. The van der Waals surface area contributed by atoms with Gasteiger partial charge in [0.05, 0.1) is 23.2 Å². The number of halogens is 6. The number of aliphatic hydroxyl groups is 1. The fraction of sp³-hybridized carbons (Fsp3) is 0.500. The van der Waals surface area contributed by atoms with Crippen molar-refractivity contribution in [3.63, 3.8) is 0 Å². The van der Waals surface area contributed by atoms with Gasteiger partial charge in [0.25, 0.3) is 0 Å². The molecule has 9 heteroatoms. The number of alkyl halides is 6. The number of anilines is 1. The molecule has 1 heterocycles. The van der Waals surface area contributed by atoms with Crippen LogP contribution in [0.1, 0.15) is 24.0 Å². The lowest BCUT2D eigenvalue weighted by Crippen LogP contribution is -2.47. The standard InChI is InChI=1S/C14H12F6N2O/c15-13(16,17)10-6-9(4-3-8(10)7-21)22-5-1-2-11(22)12(23)14(18,19)20/h3-4,6,11-12,23H,1-2,5H2/t11?,12-/m1/s1. The lowest BCUT2D eigenvalue weighted by molar-refractivity contribution is -0.209. The van der Waals surface area contributed by atoms with Gasteiger partial charge in [-0.25, -0.2) is 0 Å². The van der Waals surface area contributed by atoms with Crippen molar-refractivity contribution in [2.45, 2.75) is 37.3 Å². The molecule has 1 fully saturated rings. The molecule has 0 saturated carbocycles. The highest BCUT2D eigenvalue weighted by molar-refractivity contribution is 5.56. The molecule has 1 aromatic carbocycles. The van der Waals surface area contributed by atoms with Gasteiger partial charge in [-0.1, -0.05) is 0 Å². The summed E-state index contributed by atoms with van der Waals surface area (Å²) in [4.78, 5) is 1.11. The van der Waals surface area contributed by atoms with Crippen molar-refractivity contribution < 1.29 is 31.4 Å². The van der Waals surface area contributed by atoms with Crippen molar-refractivity contribution in [3.8, 4) is 6.07 Å². The number of benzene rings is 1. The van der Waals surface area contributed by atoms with Crippen LogP contribution in [0.5, 0.6) is 0 Å². The second-order valence-corrected chi connectivity index (χ2v) is 5.23. The molecule has 0 spiro atoms. The molecule has 2 rings (SSSR count). The lowest BCUT2D eigenvalue weighted by atomic mass is 10.0. The fourth-order valence-corrected chi connectivity index (χ4v) is 2.70. The molecule has 1 aromatic rings. The van der Waals surface area contributed by atoms with E-state index in [9.17, 15) is 31.4 Å². The van der Waals surface area contributed by atoms with Gasteiger partial charge in [0.2, 0.25) is 0 Å². The summed E-state index contributed by atoms with van der Waals surface area (Å²) in [6, 6.07) is 2.81. The van der Waals surface area contributed by atoms with Gasteiger partial charge in [-0.05, 0) is 31.0 Å². The van der Waals surface area contributed by atoms with Gasteiger partial charge < -0.3 is 10.0 Å². The first-order valence-corrected chi connectivity index (χ1v) is 6.68. The first kappa shape index (κ1) is 17.4. The molecule has 0 aromatic heterocycles. The minimum Gasteiger partial charge on any atom is -0.382 e. The van der Waals surface area contributed by atoms with E-state index in [0.717, 1.165) is 17.0 Å². The van der Waals surface area contributed by atoms with Gasteiger partial charge in [-0.3, -0.25) is 0 Å². The molecule has 126 valence electrons. The highest BCUT2D eigenvalue weighted by Gasteiger charge is 2.47. The van der Waals surface area contributed by atoms with E-state index in [1.165, 1.54) is 6.07 Å². The van der Waals surface area contributed by atoms with Crippen molar-refractivity contribution in [2.75, 3.05) is 11.4 Å². The van der Waals surface area contributed by atoms with Gasteiger partial charge in [-0.15, -0.1) is 0 Å². The molecular weight excluding hydrogens is 326 g/mol. The van der Waals surface area contributed by atoms with Crippen LogP contribution in [0.4, 0.5) is 32.0 Å². The zero-order valence-electron chi connectivity index (χ0n) is 11.6. The monoisotopic (exact) mass is 338 g/mol. The summed E-state index contributed by atoms with van der Waals surface area (Å²) in [6.07, 6.45) is -12.0. The maximum atomic E-state index is 12.9. The Balaban J connectivity index is 2.40. The highest BCUT2D eigenvalue weighted by Crippen LogP contribution is 2.38. The van der Waals surface area contributed by atoms with Crippen LogP contribution in [0.3, 0.4) is 0 Å². The van der Waals surface area contributed by atoms with Crippen molar-refractivity contribution in [2.24, 2.45) is 0 Å². The van der Waals surface area contributed by atoms with Crippen LogP contribution < -0.4 is 4.90 Å². The predicted molar refractivity (Wildman–Crippen MR) is 68.6 cm³/mol. The zero-order valence-corrected chi connectivity index (χ0v) is 11.6. The number of nitriles is 1. The largest absolute Gasteiger partial charge is 0.417 e. The summed E-state index contributed by atoms with van der Waals surface area (Å²) in [5.41, 5.74) is -1.90. The molecule has 2 atom stereocenters. The second-order valence-electron chi connectivity index (χ2n) is 5.23. The number of nitrogens with zero attached hydrogens (tertiary/aromatic N) is 2. The summed E-state index contributed by atoms with van der Waals surface area (Å²) in [6.45, 7) is 0.0982. The Labute approximate surface area is 127 Å². The van der Waals surface area contributed by atoms with Crippen molar-refractivity contribution in [1.29, 1.82) is 5.26 Å². The molecule has 1 aliphatic heterocycles. The molecule has 1 N–H and O–H groups in total. The van der Waals surface area contributed by atoms with Crippen LogP contribution in [0, 0.1) is 11.3 Å². The predicted octanol–water partition coefficient (Wildman–Crippen LogP) is 3.47. The van der Waals surface area contributed by atoms with Crippen molar-refractivity contribution in [3.05, 3.63) is 29.3 Å². The molecule has 1 aliphatic rings. The normalized spacial score (nSPS) is 20.4. The average molecular weight is 338 g/mol. The number of hydrogen-bond acceptors (Lipinski definition) is 3. The molecule has 0 radical (unpaired) electrons. The molecule has 3 nitrogen and oxygen atoms in total. The summed E-state index contributed by atoms with van der Waals surface area (Å²) >= 11 is 0. The Morgan fingerprint density at radius 1 is 1.22 bits per heavy atom. The third kappa shape index (κ3) is 3.52. The number of aliphatic hydroxyl groups excluding tert-OH is 1. The molecule has 1 unspecified atom stereocenters. The quantitative estimate of drug-likeness (QED) is 0.840. The Morgan fingerprint density at radius 2 is 1.87 bits per heavy atom. The molecule has 0 bridgehead atoms. The summed E-state index contributed by atoms with van der Waals surface area (Å²) in [7, 11) is 0. The summed E-state index contributed by atoms with van der Waals surface area (Å²) in [5, 5.41) is 18.1. The van der Waals surface area contributed by atoms with E-state index in [-0.39, 0.29) is 18.7 Å². The average Bonchev–Trinajstić information content (AvgIpc) is 2.93. The first-order chi connectivity index (χ1) is 10.6. The summed E-state index contributed by atoms with van der Waals surface area (Å²) < 4.78 is 76.9. The molecule has 0 aliphatic carbocycles. The number of rotatable bonds is 2. The van der Waals surface area contributed by atoms with Crippen LogP contribution in [-0.4, -0.2) is 30.0 Å². The van der Waals surface area contributed by atoms with Gasteiger partial charge in [-0.2, -0.15) is 31.6 Å². The minimum atomic E-state index is -4.85. The van der Waals surface area contributed by atoms with E-state index in [1.807, 2.05) is 0 Å². The van der Waals surface area contributed by atoms with E-state index in [2.05, 4.69) is 0 Å². The van der Waals surface area contributed by atoms with Crippen LogP contribution in [0.25, 0.3) is 0 Å². The van der Waals surface area contributed by atoms with E-state index < -0.39 is 35.6 Å². The van der Waals surface area contributed by atoms with Gasteiger partial charge in [0, 0.05) is 12.2 Å². The Kier molecular flexibility index (Phi) is 4.48. The second kappa shape index (κ2) is 5.92. The van der Waals surface area contributed by atoms with Crippen LogP contribution in [0.15, 0.2) is 18.2 Å². The van der Waals surface area contributed by atoms with E-state index in [0.29, 0.717) is 12.5 Å². The van der Waals surface area contributed by atoms with E-state index >= 15 is 0 Å². The molecule has 1 saturated heterocycles. The molecule has 0 amide bonds. The van der Waals surface area contributed by atoms with Crippen molar-refractivity contribution in [1.82, 2.24) is 0 Å². The maximum Gasteiger partial charge on any atom is 0.417 e. The van der Waals surface area contributed by atoms with Gasteiger partial charge >= 0.3 is 12.4 Å². The summed E-state index contributed by atoms with van der Waals surface area (Å²) in [5.74, 6) is 0. The highest BCUT2D eigenvalue weighted by atomic mass is 19.4. The van der Waals surface area contributed by atoms with Gasteiger partial charge in [0.1, 0.15) is 0 Å². The van der Waals surface area contributed by atoms with E-state index in [1.54, 1.807) is 0 Å². The lowest BCUT2D eigenvalue weighted by Gasteiger charge is -2.31.